The number of rotatable bonds is 5. The zero-order valence-electron chi connectivity index (χ0n) is 13.6. The van der Waals surface area contributed by atoms with Crippen LogP contribution in [-0.4, -0.2) is 54.0 Å². The van der Waals surface area contributed by atoms with Gasteiger partial charge in [-0.3, -0.25) is 0 Å². The molecule has 24 heavy (non-hydrogen) atoms. The Morgan fingerprint density at radius 3 is 2.96 bits per heavy atom. The van der Waals surface area contributed by atoms with Gasteiger partial charge in [0.1, 0.15) is 17.7 Å². The molecule has 0 radical (unpaired) electrons. The van der Waals surface area contributed by atoms with E-state index < -0.39 is 0 Å². The van der Waals surface area contributed by atoms with Gasteiger partial charge >= 0.3 is 0 Å². The van der Waals surface area contributed by atoms with Crippen molar-refractivity contribution >= 4 is 5.82 Å². The van der Waals surface area contributed by atoms with Crippen LogP contribution in [0.15, 0.2) is 36.8 Å². The summed E-state index contributed by atoms with van der Waals surface area (Å²) >= 11 is 0. The molecule has 1 spiro atoms. The Kier molecular flexibility index (Phi) is 3.93. The van der Waals surface area contributed by atoms with Crippen molar-refractivity contribution in [3.63, 3.8) is 0 Å². The molecule has 1 unspecified atom stereocenters. The van der Waals surface area contributed by atoms with Crippen LogP contribution in [0.4, 0.5) is 5.82 Å². The summed E-state index contributed by atoms with van der Waals surface area (Å²) in [6, 6.07) is 7.54. The van der Waals surface area contributed by atoms with Gasteiger partial charge in [-0.05, 0) is 12.5 Å². The van der Waals surface area contributed by atoms with Gasteiger partial charge in [0.05, 0.1) is 26.8 Å². The smallest absolute Gasteiger partial charge is 0.218 e. The van der Waals surface area contributed by atoms with E-state index >= 15 is 0 Å². The predicted molar refractivity (Wildman–Crippen MR) is 87.3 cm³/mol. The van der Waals surface area contributed by atoms with Crippen molar-refractivity contribution in [1.29, 1.82) is 0 Å². The lowest BCUT2D eigenvalue weighted by molar-refractivity contribution is -0.0529. The molecule has 1 atom stereocenters. The number of hydrogen-bond acceptors (Lipinski definition) is 7. The Morgan fingerprint density at radius 2 is 2.17 bits per heavy atom. The average Bonchev–Trinajstić information content (AvgIpc) is 3.03. The Labute approximate surface area is 140 Å². The van der Waals surface area contributed by atoms with Gasteiger partial charge in [0.15, 0.2) is 0 Å². The molecule has 126 valence electrons. The molecule has 4 rings (SSSR count). The molecule has 4 heterocycles. The molecule has 2 aliphatic heterocycles. The van der Waals surface area contributed by atoms with Crippen molar-refractivity contribution in [2.75, 3.05) is 38.3 Å². The molecule has 2 fully saturated rings. The zero-order valence-corrected chi connectivity index (χ0v) is 13.6. The standard InChI is InChI=1S/C17H20N4O3/c1-22-16-8-14(19-12-20-16)21-10-17(11-21)13(5-7-24-17)9-23-15-4-2-3-6-18-15/h2-4,6,8,12-13H,5,7,9-11H2,1H3. The van der Waals surface area contributed by atoms with E-state index in [1.807, 2.05) is 24.3 Å². The summed E-state index contributed by atoms with van der Waals surface area (Å²) in [7, 11) is 1.61. The SMILES string of the molecule is COc1cc(N2CC3(C2)OCCC3COc2ccccn2)ncn1. The van der Waals surface area contributed by atoms with Gasteiger partial charge in [0, 0.05) is 30.9 Å². The number of methoxy groups -OCH3 is 1. The lowest BCUT2D eigenvalue weighted by Gasteiger charge is -2.50. The number of aromatic nitrogens is 3. The van der Waals surface area contributed by atoms with Crippen molar-refractivity contribution in [2.24, 2.45) is 5.92 Å². The van der Waals surface area contributed by atoms with E-state index in [0.29, 0.717) is 24.3 Å². The van der Waals surface area contributed by atoms with Crippen LogP contribution in [-0.2, 0) is 4.74 Å². The van der Waals surface area contributed by atoms with Crippen LogP contribution in [0, 0.1) is 5.92 Å². The van der Waals surface area contributed by atoms with Crippen molar-refractivity contribution in [3.8, 4) is 11.8 Å². The number of pyridine rings is 1. The number of ether oxygens (including phenoxy) is 3. The average molecular weight is 328 g/mol. The summed E-state index contributed by atoms with van der Waals surface area (Å²) in [5.74, 6) is 2.46. The van der Waals surface area contributed by atoms with Crippen LogP contribution >= 0.6 is 0 Å². The molecule has 2 aromatic rings. The van der Waals surface area contributed by atoms with Crippen molar-refractivity contribution in [3.05, 3.63) is 36.8 Å². The molecule has 0 aromatic carbocycles. The van der Waals surface area contributed by atoms with E-state index in [1.54, 1.807) is 13.3 Å². The summed E-state index contributed by atoms with van der Waals surface area (Å²) in [4.78, 5) is 14.8. The molecule has 7 nitrogen and oxygen atoms in total. The van der Waals surface area contributed by atoms with Gasteiger partial charge in [-0.1, -0.05) is 6.07 Å². The first-order chi connectivity index (χ1) is 11.8. The van der Waals surface area contributed by atoms with Gasteiger partial charge in [-0.15, -0.1) is 0 Å². The van der Waals surface area contributed by atoms with E-state index in [2.05, 4.69) is 19.9 Å². The fourth-order valence-corrected chi connectivity index (χ4v) is 3.36. The summed E-state index contributed by atoms with van der Waals surface area (Å²) in [5, 5.41) is 0. The highest BCUT2D eigenvalue weighted by Crippen LogP contribution is 2.41. The molecular formula is C17H20N4O3. The molecule has 2 aromatic heterocycles. The summed E-state index contributed by atoms with van der Waals surface area (Å²) in [6.07, 6.45) is 4.27. The monoisotopic (exact) mass is 328 g/mol. The fraction of sp³-hybridized carbons (Fsp3) is 0.471. The third-order valence-corrected chi connectivity index (χ3v) is 4.75. The number of anilines is 1. The highest BCUT2D eigenvalue weighted by atomic mass is 16.5. The van der Waals surface area contributed by atoms with E-state index in [9.17, 15) is 0 Å². The molecule has 0 bridgehead atoms. The molecule has 2 saturated heterocycles. The fourth-order valence-electron chi connectivity index (χ4n) is 3.36. The van der Waals surface area contributed by atoms with Crippen LogP contribution in [0.25, 0.3) is 0 Å². The van der Waals surface area contributed by atoms with Gasteiger partial charge in [0.25, 0.3) is 0 Å². The number of hydrogen-bond donors (Lipinski definition) is 0. The second-order valence-corrected chi connectivity index (χ2v) is 6.15. The Balaban J connectivity index is 1.39. The molecule has 7 heteroatoms. The normalized spacial score (nSPS) is 21.5. The third kappa shape index (κ3) is 2.75. The lowest BCUT2D eigenvalue weighted by Crippen LogP contribution is -2.65. The lowest BCUT2D eigenvalue weighted by atomic mass is 9.81. The first-order valence-corrected chi connectivity index (χ1v) is 8.08. The number of nitrogens with zero attached hydrogens (tertiary/aromatic N) is 4. The highest BCUT2D eigenvalue weighted by molar-refractivity contribution is 5.46. The van der Waals surface area contributed by atoms with E-state index in [0.717, 1.165) is 31.9 Å². The Hall–Kier alpha value is -2.41. The molecule has 2 aliphatic rings. The van der Waals surface area contributed by atoms with Crippen LogP contribution in [0.2, 0.25) is 0 Å². The van der Waals surface area contributed by atoms with E-state index in [-0.39, 0.29) is 5.60 Å². The summed E-state index contributed by atoms with van der Waals surface area (Å²) < 4.78 is 17.1. The van der Waals surface area contributed by atoms with Gasteiger partial charge < -0.3 is 19.1 Å². The van der Waals surface area contributed by atoms with Crippen LogP contribution < -0.4 is 14.4 Å². The van der Waals surface area contributed by atoms with Gasteiger partial charge in [0.2, 0.25) is 11.8 Å². The van der Waals surface area contributed by atoms with Crippen molar-refractivity contribution < 1.29 is 14.2 Å². The maximum absolute atomic E-state index is 6.07. The van der Waals surface area contributed by atoms with Crippen LogP contribution in [0.5, 0.6) is 11.8 Å². The maximum atomic E-state index is 6.07. The van der Waals surface area contributed by atoms with E-state index in [4.69, 9.17) is 14.2 Å². The molecular weight excluding hydrogens is 308 g/mol. The molecule has 0 N–H and O–H groups in total. The zero-order chi connectivity index (χ0) is 16.4. The minimum atomic E-state index is -0.146. The Bertz CT molecular complexity index is 691. The first kappa shape index (κ1) is 15.1. The van der Waals surface area contributed by atoms with Crippen LogP contribution in [0.1, 0.15) is 6.42 Å². The first-order valence-electron chi connectivity index (χ1n) is 8.08. The van der Waals surface area contributed by atoms with Crippen molar-refractivity contribution in [1.82, 2.24) is 15.0 Å². The minimum absolute atomic E-state index is 0.146. The highest BCUT2D eigenvalue weighted by Gasteiger charge is 2.53. The predicted octanol–water partition coefficient (Wildman–Crippen LogP) is 1.55. The topological polar surface area (TPSA) is 69.6 Å². The third-order valence-electron chi connectivity index (χ3n) is 4.75. The van der Waals surface area contributed by atoms with Gasteiger partial charge in [-0.25, -0.2) is 15.0 Å². The Morgan fingerprint density at radius 1 is 1.25 bits per heavy atom. The largest absolute Gasteiger partial charge is 0.481 e. The van der Waals surface area contributed by atoms with E-state index in [1.165, 1.54) is 6.33 Å². The maximum Gasteiger partial charge on any atom is 0.218 e. The summed E-state index contributed by atoms with van der Waals surface area (Å²) in [6.45, 7) is 3.02. The molecule has 0 saturated carbocycles. The minimum Gasteiger partial charge on any atom is -0.481 e. The van der Waals surface area contributed by atoms with Crippen molar-refractivity contribution in [2.45, 2.75) is 12.0 Å². The molecule has 0 aliphatic carbocycles. The van der Waals surface area contributed by atoms with Crippen LogP contribution in [0.3, 0.4) is 0 Å². The van der Waals surface area contributed by atoms with Gasteiger partial charge in [-0.2, -0.15) is 0 Å². The quantitative estimate of drug-likeness (QED) is 0.825. The molecule has 0 amide bonds. The second-order valence-electron chi connectivity index (χ2n) is 6.15. The second kappa shape index (κ2) is 6.24. The summed E-state index contributed by atoms with van der Waals surface area (Å²) in [5.41, 5.74) is -0.146.